The van der Waals surface area contributed by atoms with Crippen LogP contribution in [0.3, 0.4) is 0 Å². The summed E-state index contributed by atoms with van der Waals surface area (Å²) in [7, 11) is 0. The third-order valence-electron chi connectivity index (χ3n) is 3.87. The number of piperazine rings is 1. The van der Waals surface area contributed by atoms with E-state index in [9.17, 15) is 14.9 Å². The van der Waals surface area contributed by atoms with Crippen molar-refractivity contribution in [3.8, 4) is 6.01 Å². The molecule has 2 aliphatic rings. The van der Waals surface area contributed by atoms with E-state index in [0.717, 1.165) is 6.54 Å². The first-order chi connectivity index (χ1) is 10.4. The number of carboxylic acids is 1. The van der Waals surface area contributed by atoms with Gasteiger partial charge in [-0.25, -0.2) is 0 Å². The molecular weight excluding hydrogens is 294 g/mol. The Morgan fingerprint density at radius 1 is 1.73 bits per heavy atom. The third-order valence-corrected chi connectivity index (χ3v) is 3.87. The van der Waals surface area contributed by atoms with Gasteiger partial charge in [-0.2, -0.15) is 0 Å². The van der Waals surface area contributed by atoms with Crippen LogP contribution in [0.1, 0.15) is 6.92 Å². The van der Waals surface area contributed by atoms with E-state index >= 15 is 0 Å². The Morgan fingerprint density at radius 3 is 3.14 bits per heavy atom. The molecule has 10 heteroatoms. The average Bonchev–Trinajstić information content (AvgIpc) is 2.93. The highest BCUT2D eigenvalue weighted by Gasteiger charge is 2.42. The van der Waals surface area contributed by atoms with Gasteiger partial charge >= 0.3 is 17.8 Å². The lowest BCUT2D eigenvalue weighted by atomic mass is 10.1. The molecular formula is C12H17N5O5. The molecule has 0 saturated carbocycles. The second-order valence-electron chi connectivity index (χ2n) is 5.90. The molecule has 0 radical (unpaired) electrons. The number of hydrogen-bond acceptors (Lipinski definition) is 7. The predicted molar refractivity (Wildman–Crippen MR) is 73.8 cm³/mol. The minimum Gasteiger partial charge on any atom is -0.480 e. The maximum absolute atomic E-state index is 11.1. The lowest BCUT2D eigenvalue weighted by Crippen LogP contribution is -2.57. The minimum atomic E-state index is -0.870. The Labute approximate surface area is 125 Å². The summed E-state index contributed by atoms with van der Waals surface area (Å²) in [5.74, 6) is -1.10. The number of carboxylic acid groups (broad SMARTS) is 1. The summed E-state index contributed by atoms with van der Waals surface area (Å²) >= 11 is 0. The van der Waals surface area contributed by atoms with Crippen LogP contribution in [0.15, 0.2) is 6.20 Å². The molecule has 0 spiro atoms. The molecule has 3 rings (SSSR count). The highest BCUT2D eigenvalue weighted by molar-refractivity contribution is 5.73. The van der Waals surface area contributed by atoms with Crippen molar-refractivity contribution in [1.82, 2.24) is 19.8 Å². The SMILES string of the molecule is CC1(CN2CCN[C@@H](C(=O)O)C2)Cn2cc([N+](=O)[O-])nc2O1. The first-order valence-corrected chi connectivity index (χ1v) is 6.95. The number of ether oxygens (including phenoxy) is 1. The van der Waals surface area contributed by atoms with Gasteiger partial charge in [0, 0.05) is 31.2 Å². The van der Waals surface area contributed by atoms with Crippen LogP contribution in [-0.4, -0.2) is 68.3 Å². The smallest absolute Gasteiger partial charge is 0.415 e. The van der Waals surface area contributed by atoms with Gasteiger partial charge in [0.15, 0.2) is 0 Å². The zero-order valence-electron chi connectivity index (χ0n) is 12.1. The monoisotopic (exact) mass is 311 g/mol. The normalized spacial score (nSPS) is 28.1. The fourth-order valence-electron chi connectivity index (χ4n) is 2.96. The van der Waals surface area contributed by atoms with Crippen molar-refractivity contribution in [1.29, 1.82) is 0 Å². The van der Waals surface area contributed by atoms with Crippen LogP contribution in [0.4, 0.5) is 5.82 Å². The van der Waals surface area contributed by atoms with Gasteiger partial charge < -0.3 is 25.3 Å². The molecule has 0 aliphatic carbocycles. The lowest BCUT2D eigenvalue weighted by Gasteiger charge is -2.36. The van der Waals surface area contributed by atoms with Gasteiger partial charge in [0.1, 0.15) is 17.8 Å². The van der Waals surface area contributed by atoms with Gasteiger partial charge in [-0.1, -0.05) is 0 Å². The number of nitro groups is 1. The number of rotatable bonds is 4. The first kappa shape index (κ1) is 14.7. The molecule has 0 bridgehead atoms. The molecule has 120 valence electrons. The summed E-state index contributed by atoms with van der Waals surface area (Å²) in [5, 5.41) is 22.7. The maximum Gasteiger partial charge on any atom is 0.415 e. The van der Waals surface area contributed by atoms with Crippen molar-refractivity contribution in [2.45, 2.75) is 25.1 Å². The van der Waals surface area contributed by atoms with E-state index < -0.39 is 22.5 Å². The molecule has 0 aromatic carbocycles. The van der Waals surface area contributed by atoms with Crippen molar-refractivity contribution in [2.75, 3.05) is 26.2 Å². The largest absolute Gasteiger partial charge is 0.480 e. The minimum absolute atomic E-state index is 0.231. The van der Waals surface area contributed by atoms with Gasteiger partial charge in [-0.15, -0.1) is 0 Å². The number of hydrogen-bond donors (Lipinski definition) is 2. The molecule has 22 heavy (non-hydrogen) atoms. The van der Waals surface area contributed by atoms with Gasteiger partial charge in [-0.05, 0) is 11.8 Å². The van der Waals surface area contributed by atoms with Crippen LogP contribution < -0.4 is 10.1 Å². The Bertz CT molecular complexity index is 592. The molecule has 10 nitrogen and oxygen atoms in total. The summed E-state index contributed by atoms with van der Waals surface area (Å²) in [4.78, 5) is 27.1. The molecule has 2 atom stereocenters. The number of nitrogens with zero attached hydrogens (tertiary/aromatic N) is 4. The summed E-state index contributed by atoms with van der Waals surface area (Å²) in [6.07, 6.45) is 1.36. The van der Waals surface area contributed by atoms with E-state index in [0.29, 0.717) is 26.2 Å². The van der Waals surface area contributed by atoms with E-state index in [4.69, 9.17) is 9.84 Å². The summed E-state index contributed by atoms with van der Waals surface area (Å²) in [6.45, 7) is 4.61. The van der Waals surface area contributed by atoms with Gasteiger partial charge in [0.05, 0.1) is 6.54 Å². The number of aliphatic carboxylic acids is 1. The zero-order chi connectivity index (χ0) is 15.9. The van der Waals surface area contributed by atoms with Crippen LogP contribution in [0.5, 0.6) is 6.01 Å². The number of imidazole rings is 1. The molecule has 1 unspecified atom stereocenters. The van der Waals surface area contributed by atoms with E-state index in [-0.39, 0.29) is 11.8 Å². The quantitative estimate of drug-likeness (QED) is 0.553. The van der Waals surface area contributed by atoms with Crippen molar-refractivity contribution < 1.29 is 19.6 Å². The number of aromatic nitrogens is 2. The van der Waals surface area contributed by atoms with Crippen LogP contribution in [0, 0.1) is 10.1 Å². The van der Waals surface area contributed by atoms with Crippen molar-refractivity contribution in [2.24, 2.45) is 0 Å². The Hall–Kier alpha value is -2.20. The van der Waals surface area contributed by atoms with Crippen LogP contribution in [-0.2, 0) is 11.3 Å². The predicted octanol–water partition coefficient (Wildman–Crippen LogP) is -0.699. The van der Waals surface area contributed by atoms with Gasteiger partial charge in [0.2, 0.25) is 0 Å². The third kappa shape index (κ3) is 2.74. The molecule has 0 amide bonds. The maximum atomic E-state index is 11.1. The van der Waals surface area contributed by atoms with Crippen LogP contribution in [0.2, 0.25) is 0 Å². The summed E-state index contributed by atoms with van der Waals surface area (Å²) in [5.41, 5.74) is -0.572. The topological polar surface area (TPSA) is 123 Å². The Balaban J connectivity index is 1.65. The molecule has 1 saturated heterocycles. The number of nitrogens with one attached hydrogen (secondary N) is 1. The summed E-state index contributed by atoms with van der Waals surface area (Å²) < 4.78 is 7.38. The van der Waals surface area contributed by atoms with Crippen molar-refractivity contribution in [3.05, 3.63) is 16.3 Å². The molecule has 1 aromatic rings. The number of fused-ring (bicyclic) bond motifs is 1. The molecule has 2 N–H and O–H groups in total. The average molecular weight is 311 g/mol. The second-order valence-corrected chi connectivity index (χ2v) is 5.90. The second kappa shape index (κ2) is 5.21. The Kier molecular flexibility index (Phi) is 3.49. The van der Waals surface area contributed by atoms with Gasteiger partial charge in [-0.3, -0.25) is 14.3 Å². The highest BCUT2D eigenvalue weighted by atomic mass is 16.6. The lowest BCUT2D eigenvalue weighted by molar-refractivity contribution is -0.389. The van der Waals surface area contributed by atoms with E-state index in [1.165, 1.54) is 6.20 Å². The molecule has 3 heterocycles. The van der Waals surface area contributed by atoms with E-state index in [1.807, 2.05) is 11.8 Å². The standard InChI is InChI=1S/C12H17N5O5/c1-12(6-15-3-2-13-8(4-15)10(18)19)7-16-5-9(17(20)21)14-11(16)22-12/h5,8,13H,2-4,6-7H2,1H3,(H,18,19)/t8-,12?/m1/s1. The number of carbonyl (C=O) groups is 1. The van der Waals surface area contributed by atoms with Crippen LogP contribution in [0.25, 0.3) is 0 Å². The van der Waals surface area contributed by atoms with E-state index in [2.05, 4.69) is 10.3 Å². The first-order valence-electron chi connectivity index (χ1n) is 6.95. The zero-order valence-corrected chi connectivity index (χ0v) is 12.1. The van der Waals surface area contributed by atoms with Crippen molar-refractivity contribution in [3.63, 3.8) is 0 Å². The molecule has 1 aromatic heterocycles. The van der Waals surface area contributed by atoms with Crippen molar-refractivity contribution >= 4 is 11.8 Å². The summed E-state index contributed by atoms with van der Waals surface area (Å²) in [6, 6.07) is -0.351. The highest BCUT2D eigenvalue weighted by Crippen LogP contribution is 2.31. The van der Waals surface area contributed by atoms with Gasteiger partial charge in [0.25, 0.3) is 0 Å². The fourth-order valence-corrected chi connectivity index (χ4v) is 2.96. The van der Waals surface area contributed by atoms with E-state index in [1.54, 1.807) is 4.57 Å². The molecule has 2 aliphatic heterocycles. The fraction of sp³-hybridized carbons (Fsp3) is 0.667. The molecule has 1 fully saturated rings. The van der Waals surface area contributed by atoms with Crippen LogP contribution >= 0.6 is 0 Å². The Morgan fingerprint density at radius 2 is 2.50 bits per heavy atom.